The molecule has 9 heteroatoms. The van der Waals surface area contributed by atoms with Crippen molar-refractivity contribution in [2.45, 2.75) is 269 Å². The molecule has 0 bridgehead atoms. The van der Waals surface area contributed by atoms with Crippen LogP contribution in [0.3, 0.4) is 0 Å². The van der Waals surface area contributed by atoms with E-state index in [2.05, 4.69) is 129 Å². The molecule has 0 aromatic carbocycles. The molecule has 6 N–H and O–H groups in total. The highest BCUT2D eigenvalue weighted by atomic mass is 16.7. The lowest BCUT2D eigenvalue weighted by Crippen LogP contribution is -2.60. The molecule has 1 rings (SSSR count). The van der Waals surface area contributed by atoms with Gasteiger partial charge in [0, 0.05) is 6.42 Å². The van der Waals surface area contributed by atoms with Crippen LogP contribution in [0.2, 0.25) is 0 Å². The summed E-state index contributed by atoms with van der Waals surface area (Å²) in [5.41, 5.74) is 0. The monoisotopic (exact) mass is 1030 g/mol. The number of rotatable bonds is 49. The molecule has 74 heavy (non-hydrogen) atoms. The highest BCUT2D eigenvalue weighted by molar-refractivity contribution is 5.76. The molecule has 7 atom stereocenters. The topological polar surface area (TPSA) is 149 Å². The third-order valence-electron chi connectivity index (χ3n) is 13.3. The second-order valence-corrected chi connectivity index (χ2v) is 20.0. The van der Waals surface area contributed by atoms with Crippen molar-refractivity contribution in [3.8, 4) is 0 Å². The van der Waals surface area contributed by atoms with Gasteiger partial charge in [0.15, 0.2) is 6.29 Å². The zero-order valence-corrected chi connectivity index (χ0v) is 46.8. The van der Waals surface area contributed by atoms with Crippen molar-refractivity contribution in [3.05, 3.63) is 122 Å². The van der Waals surface area contributed by atoms with Gasteiger partial charge < -0.3 is 40.3 Å². The molecule has 1 fully saturated rings. The molecular formula is C65H109NO8. The van der Waals surface area contributed by atoms with Crippen LogP contribution in [0.5, 0.6) is 0 Å². The number of aliphatic hydroxyl groups is 5. The molecular weight excluding hydrogens is 923 g/mol. The second-order valence-electron chi connectivity index (χ2n) is 20.0. The fraction of sp³-hybridized carbons (Fsp3) is 0.677. The average molecular weight is 1030 g/mol. The molecule has 0 saturated carbocycles. The zero-order chi connectivity index (χ0) is 53.6. The van der Waals surface area contributed by atoms with Gasteiger partial charge in [-0.3, -0.25) is 4.79 Å². The summed E-state index contributed by atoms with van der Waals surface area (Å²) < 4.78 is 11.2. The summed E-state index contributed by atoms with van der Waals surface area (Å²) in [5, 5.41) is 54.3. The zero-order valence-electron chi connectivity index (χ0n) is 46.8. The molecule has 1 aliphatic heterocycles. The first-order valence-electron chi connectivity index (χ1n) is 29.8. The Balaban J connectivity index is 2.11. The molecule has 1 heterocycles. The fourth-order valence-electron chi connectivity index (χ4n) is 8.60. The SMILES string of the molecule is CC/C=C\C/C=C\C/C=C\C/C=C\C/C=C\C/C=C\C/C=C\C/C=C\CCCCCCCCCCCCCCCCC(=O)NC(COC1OC(CO)C(O)C(O)C1O)C(O)/C=C/CC/C=C/CCCCCCCC. The number of carbonyl (C=O) groups is 1. The fourth-order valence-corrected chi connectivity index (χ4v) is 8.60. The lowest BCUT2D eigenvalue weighted by molar-refractivity contribution is -0.302. The Kier molecular flexibility index (Phi) is 49.1. The van der Waals surface area contributed by atoms with Crippen LogP contribution >= 0.6 is 0 Å². The van der Waals surface area contributed by atoms with Crippen LogP contribution in [0, 0.1) is 0 Å². The Morgan fingerprint density at radius 2 is 0.851 bits per heavy atom. The summed E-state index contributed by atoms with van der Waals surface area (Å²) in [5.74, 6) is -0.193. The van der Waals surface area contributed by atoms with Crippen LogP contribution in [0.25, 0.3) is 0 Å². The van der Waals surface area contributed by atoms with E-state index < -0.39 is 49.5 Å². The van der Waals surface area contributed by atoms with Gasteiger partial charge in [0.1, 0.15) is 24.4 Å². The van der Waals surface area contributed by atoms with Crippen LogP contribution in [0.15, 0.2) is 122 Å². The molecule has 0 spiro atoms. The van der Waals surface area contributed by atoms with Crippen LogP contribution in [-0.2, 0) is 14.3 Å². The van der Waals surface area contributed by atoms with Crippen molar-refractivity contribution in [2.24, 2.45) is 0 Å². The van der Waals surface area contributed by atoms with Crippen LogP contribution in [0.1, 0.15) is 226 Å². The maximum Gasteiger partial charge on any atom is 0.220 e. The molecule has 1 amide bonds. The Hall–Kier alpha value is -3.41. The number of nitrogens with one attached hydrogen (secondary N) is 1. The predicted molar refractivity (Wildman–Crippen MR) is 313 cm³/mol. The maximum atomic E-state index is 13.0. The van der Waals surface area contributed by atoms with E-state index in [1.54, 1.807) is 6.08 Å². The van der Waals surface area contributed by atoms with Gasteiger partial charge in [-0.25, -0.2) is 0 Å². The van der Waals surface area contributed by atoms with Gasteiger partial charge in [-0.15, -0.1) is 0 Å². The van der Waals surface area contributed by atoms with Crippen molar-refractivity contribution >= 4 is 5.91 Å². The van der Waals surface area contributed by atoms with Crippen molar-refractivity contribution in [3.63, 3.8) is 0 Å². The van der Waals surface area contributed by atoms with E-state index >= 15 is 0 Å². The number of allylic oxidation sites excluding steroid dienone is 19. The van der Waals surface area contributed by atoms with Gasteiger partial charge in [0.25, 0.3) is 0 Å². The minimum absolute atomic E-state index is 0.193. The van der Waals surface area contributed by atoms with E-state index in [1.807, 2.05) is 6.08 Å². The van der Waals surface area contributed by atoms with Gasteiger partial charge in [-0.1, -0.05) is 245 Å². The molecule has 0 aromatic rings. The standard InChI is InChI=1S/C65H109NO8/c1-3-5-7-9-11-13-15-17-18-19-20-21-22-23-24-25-26-27-28-29-30-31-32-33-34-35-36-37-38-39-40-41-42-43-45-47-49-51-53-55-61(69)66-58(57-73-65-64(72)63(71)62(70)60(56-67)74-65)59(68)54-52-50-48-46-44-16-14-12-10-8-6-4-2/h5,7,11,13,17-18,20-21,23-24,26-27,29-30,32-33,44,46,52,54,58-60,62-65,67-68,70-72H,3-4,6,8-10,12,14-16,19,22,25,28,31,34-43,45,47-51,53,55-57H2,1-2H3,(H,66,69)/b7-5-,13-11-,18-17-,21-20-,24-23-,27-26-,30-29-,33-32-,46-44+,54-52+. The third-order valence-corrected chi connectivity index (χ3v) is 13.3. The van der Waals surface area contributed by atoms with E-state index in [0.717, 1.165) is 89.9 Å². The molecule has 9 nitrogen and oxygen atoms in total. The van der Waals surface area contributed by atoms with Gasteiger partial charge in [-0.05, 0) is 96.3 Å². The number of hydrogen-bond acceptors (Lipinski definition) is 8. The third kappa shape index (κ3) is 41.8. The van der Waals surface area contributed by atoms with E-state index in [-0.39, 0.29) is 12.5 Å². The summed E-state index contributed by atoms with van der Waals surface area (Å²) >= 11 is 0. The normalized spacial score (nSPS) is 19.9. The average Bonchev–Trinajstić information content (AvgIpc) is 3.40. The van der Waals surface area contributed by atoms with Crippen LogP contribution < -0.4 is 5.32 Å². The highest BCUT2D eigenvalue weighted by Crippen LogP contribution is 2.23. The Labute approximate surface area is 452 Å². The molecule has 1 aliphatic rings. The number of unbranched alkanes of at least 4 members (excludes halogenated alkanes) is 21. The summed E-state index contributed by atoms with van der Waals surface area (Å²) in [6, 6.07) is -0.827. The molecule has 0 aromatic heterocycles. The molecule has 0 radical (unpaired) electrons. The van der Waals surface area contributed by atoms with Gasteiger partial charge in [0.05, 0.1) is 25.4 Å². The highest BCUT2D eigenvalue weighted by Gasteiger charge is 2.44. The number of ether oxygens (including phenoxy) is 2. The van der Waals surface area contributed by atoms with E-state index in [1.165, 1.54) is 116 Å². The van der Waals surface area contributed by atoms with Crippen molar-refractivity contribution in [1.82, 2.24) is 5.32 Å². The Morgan fingerprint density at radius 3 is 1.30 bits per heavy atom. The Bertz CT molecular complexity index is 1570. The minimum atomic E-state index is -1.58. The number of amides is 1. The molecule has 0 aliphatic carbocycles. The van der Waals surface area contributed by atoms with Gasteiger partial charge >= 0.3 is 0 Å². The van der Waals surface area contributed by atoms with Crippen molar-refractivity contribution in [1.29, 1.82) is 0 Å². The quantitative estimate of drug-likeness (QED) is 0.0261. The maximum absolute atomic E-state index is 13.0. The number of hydrogen-bond donors (Lipinski definition) is 6. The van der Waals surface area contributed by atoms with Gasteiger partial charge in [0.2, 0.25) is 5.91 Å². The predicted octanol–water partition coefficient (Wildman–Crippen LogP) is 15.1. The largest absolute Gasteiger partial charge is 0.394 e. The first kappa shape index (κ1) is 68.6. The van der Waals surface area contributed by atoms with Crippen molar-refractivity contribution in [2.75, 3.05) is 13.2 Å². The summed E-state index contributed by atoms with van der Waals surface area (Å²) in [7, 11) is 0. The summed E-state index contributed by atoms with van der Waals surface area (Å²) in [6.07, 6.45) is 72.8. The van der Waals surface area contributed by atoms with Crippen LogP contribution in [0.4, 0.5) is 0 Å². The summed E-state index contributed by atoms with van der Waals surface area (Å²) in [6.45, 7) is 3.62. The minimum Gasteiger partial charge on any atom is -0.394 e. The molecule has 422 valence electrons. The summed E-state index contributed by atoms with van der Waals surface area (Å²) in [4.78, 5) is 13.0. The number of aliphatic hydroxyl groups excluding tert-OH is 5. The number of carbonyl (C=O) groups excluding carboxylic acids is 1. The van der Waals surface area contributed by atoms with E-state index in [9.17, 15) is 30.3 Å². The van der Waals surface area contributed by atoms with Crippen LogP contribution in [-0.4, -0.2) is 87.5 Å². The first-order valence-corrected chi connectivity index (χ1v) is 29.8. The molecule has 7 unspecified atom stereocenters. The smallest absolute Gasteiger partial charge is 0.220 e. The van der Waals surface area contributed by atoms with E-state index in [4.69, 9.17) is 9.47 Å². The lowest BCUT2D eigenvalue weighted by atomic mass is 9.99. The van der Waals surface area contributed by atoms with Crippen molar-refractivity contribution < 1.29 is 39.8 Å². The Morgan fingerprint density at radius 1 is 0.473 bits per heavy atom. The first-order chi connectivity index (χ1) is 36.3. The van der Waals surface area contributed by atoms with E-state index in [0.29, 0.717) is 6.42 Å². The second kappa shape index (κ2) is 53.0. The van der Waals surface area contributed by atoms with Gasteiger partial charge in [-0.2, -0.15) is 0 Å². The molecule has 1 saturated heterocycles. The lowest BCUT2D eigenvalue weighted by Gasteiger charge is -2.40.